The molecule has 0 aromatic carbocycles. The minimum atomic E-state index is 0.265. The molecule has 0 saturated heterocycles. The zero-order valence-corrected chi connectivity index (χ0v) is 10.1. The van der Waals surface area contributed by atoms with Crippen molar-refractivity contribution < 1.29 is 4.79 Å². The number of hydrogen-bond acceptors (Lipinski definition) is 2. The maximum Gasteiger partial charge on any atom is 0.230 e. The minimum Gasteiger partial charge on any atom is -0.310 e. The van der Waals surface area contributed by atoms with Crippen LogP contribution in [0.4, 0.5) is 5.69 Å². The first-order valence-electron chi connectivity index (χ1n) is 6.61. The van der Waals surface area contributed by atoms with Crippen LogP contribution in [0.3, 0.4) is 0 Å². The van der Waals surface area contributed by atoms with E-state index in [1.807, 2.05) is 23.2 Å². The van der Waals surface area contributed by atoms with Gasteiger partial charge in [0, 0.05) is 18.7 Å². The van der Waals surface area contributed by atoms with Crippen molar-refractivity contribution in [1.82, 2.24) is 4.98 Å². The van der Waals surface area contributed by atoms with E-state index < -0.39 is 0 Å². The molecule has 1 amide bonds. The van der Waals surface area contributed by atoms with Crippen LogP contribution >= 0.6 is 0 Å². The molecule has 3 rings (SSSR count). The summed E-state index contributed by atoms with van der Waals surface area (Å²) in [7, 11) is 0. The molecule has 1 aliphatic carbocycles. The summed E-state index contributed by atoms with van der Waals surface area (Å²) in [5, 5.41) is 0. The molecule has 3 nitrogen and oxygen atoms in total. The highest BCUT2D eigenvalue weighted by molar-refractivity contribution is 5.96. The van der Waals surface area contributed by atoms with Crippen LogP contribution in [0.2, 0.25) is 0 Å². The lowest BCUT2D eigenvalue weighted by Crippen LogP contribution is -2.39. The summed E-state index contributed by atoms with van der Waals surface area (Å²) in [6.07, 6.45) is 8.44. The highest BCUT2D eigenvalue weighted by atomic mass is 16.2. The zero-order chi connectivity index (χ0) is 11.7. The van der Waals surface area contributed by atoms with Crippen molar-refractivity contribution in [2.75, 3.05) is 11.4 Å². The third-order valence-corrected chi connectivity index (χ3v) is 3.92. The number of rotatable bonds is 1. The van der Waals surface area contributed by atoms with Gasteiger partial charge in [0.05, 0.1) is 11.4 Å². The van der Waals surface area contributed by atoms with Crippen molar-refractivity contribution >= 4 is 11.6 Å². The number of aromatic nitrogens is 1. The first-order chi connectivity index (χ1) is 8.36. The fraction of sp³-hybridized carbons (Fsp3) is 0.571. The molecule has 1 aliphatic heterocycles. The number of anilines is 1. The van der Waals surface area contributed by atoms with Gasteiger partial charge in [-0.3, -0.25) is 9.78 Å². The predicted molar refractivity (Wildman–Crippen MR) is 66.9 cm³/mol. The van der Waals surface area contributed by atoms with Gasteiger partial charge in [-0.05, 0) is 37.8 Å². The standard InChI is InChI=1S/C14H18N2O/c17-14(11-5-1-2-6-11)16-10-4-7-12-13(16)8-3-9-15-12/h3,8-9,11H,1-2,4-7,10H2. The third-order valence-electron chi connectivity index (χ3n) is 3.92. The second-order valence-corrected chi connectivity index (χ2v) is 5.04. The van der Waals surface area contributed by atoms with E-state index in [4.69, 9.17) is 0 Å². The van der Waals surface area contributed by atoms with Crippen LogP contribution in [0.25, 0.3) is 0 Å². The fourth-order valence-corrected chi connectivity index (χ4v) is 3.02. The molecule has 0 N–H and O–H groups in total. The largest absolute Gasteiger partial charge is 0.310 e. The number of hydrogen-bond donors (Lipinski definition) is 0. The second kappa shape index (κ2) is 4.47. The summed E-state index contributed by atoms with van der Waals surface area (Å²) in [6, 6.07) is 3.97. The van der Waals surface area contributed by atoms with Crippen LogP contribution in [0.15, 0.2) is 18.3 Å². The Morgan fingerprint density at radius 1 is 1.29 bits per heavy atom. The average molecular weight is 230 g/mol. The predicted octanol–water partition coefficient (Wildman–Crippen LogP) is 2.55. The lowest BCUT2D eigenvalue weighted by molar-refractivity contribution is -0.122. The Morgan fingerprint density at radius 2 is 2.12 bits per heavy atom. The van der Waals surface area contributed by atoms with Gasteiger partial charge in [0.1, 0.15) is 0 Å². The molecule has 2 aliphatic rings. The van der Waals surface area contributed by atoms with Crippen LogP contribution in [0.1, 0.15) is 37.8 Å². The van der Waals surface area contributed by atoms with Crippen LogP contribution in [-0.4, -0.2) is 17.4 Å². The summed E-state index contributed by atoms with van der Waals surface area (Å²) in [5.74, 6) is 0.595. The molecule has 1 saturated carbocycles. The number of aryl methyl sites for hydroxylation is 1. The quantitative estimate of drug-likeness (QED) is 0.743. The first-order valence-corrected chi connectivity index (χ1v) is 6.61. The Bertz CT molecular complexity index is 424. The number of carbonyl (C=O) groups excluding carboxylic acids is 1. The van der Waals surface area contributed by atoms with E-state index in [1.165, 1.54) is 12.8 Å². The molecule has 3 heteroatoms. The minimum absolute atomic E-state index is 0.265. The van der Waals surface area contributed by atoms with Crippen LogP contribution in [0.5, 0.6) is 0 Å². The van der Waals surface area contributed by atoms with Crippen LogP contribution in [0, 0.1) is 5.92 Å². The maximum absolute atomic E-state index is 12.5. The third kappa shape index (κ3) is 1.94. The van der Waals surface area contributed by atoms with Crippen LogP contribution < -0.4 is 4.90 Å². The summed E-state index contributed by atoms with van der Waals surface area (Å²) in [6.45, 7) is 0.869. The normalized spacial score (nSPS) is 20.4. The molecule has 1 aromatic rings. The van der Waals surface area contributed by atoms with Crippen molar-refractivity contribution in [3.63, 3.8) is 0 Å². The summed E-state index contributed by atoms with van der Waals surface area (Å²) >= 11 is 0. The van der Waals surface area contributed by atoms with Crippen molar-refractivity contribution in [1.29, 1.82) is 0 Å². The average Bonchev–Trinajstić information content (AvgIpc) is 2.91. The smallest absolute Gasteiger partial charge is 0.230 e. The molecule has 1 fully saturated rings. The number of fused-ring (bicyclic) bond motifs is 1. The second-order valence-electron chi connectivity index (χ2n) is 5.04. The monoisotopic (exact) mass is 230 g/mol. The highest BCUT2D eigenvalue weighted by Crippen LogP contribution is 2.31. The van der Waals surface area contributed by atoms with E-state index in [0.29, 0.717) is 5.91 Å². The molecule has 90 valence electrons. The number of carbonyl (C=O) groups is 1. The Balaban J connectivity index is 1.86. The van der Waals surface area contributed by atoms with E-state index in [9.17, 15) is 4.79 Å². The molecule has 0 radical (unpaired) electrons. The van der Waals surface area contributed by atoms with E-state index in [0.717, 1.165) is 43.6 Å². The van der Waals surface area contributed by atoms with Gasteiger partial charge >= 0.3 is 0 Å². The highest BCUT2D eigenvalue weighted by Gasteiger charge is 2.30. The Kier molecular flexibility index (Phi) is 2.83. The summed E-state index contributed by atoms with van der Waals surface area (Å²) < 4.78 is 0. The van der Waals surface area contributed by atoms with Gasteiger partial charge in [-0.2, -0.15) is 0 Å². The molecule has 0 atom stereocenters. The molecule has 2 heterocycles. The van der Waals surface area contributed by atoms with Crippen molar-refractivity contribution in [3.05, 3.63) is 24.0 Å². The summed E-state index contributed by atoms with van der Waals surface area (Å²) in [4.78, 5) is 18.8. The van der Waals surface area contributed by atoms with Gasteiger partial charge in [0.15, 0.2) is 0 Å². The van der Waals surface area contributed by atoms with Gasteiger partial charge in [-0.25, -0.2) is 0 Å². The first kappa shape index (κ1) is 10.8. The molecular formula is C14H18N2O. The lowest BCUT2D eigenvalue weighted by atomic mass is 10.0. The molecule has 0 bridgehead atoms. The molecule has 1 aromatic heterocycles. The van der Waals surface area contributed by atoms with Crippen molar-refractivity contribution in [2.24, 2.45) is 5.92 Å². The number of pyridine rings is 1. The Labute approximate surface area is 102 Å². The van der Waals surface area contributed by atoms with E-state index in [2.05, 4.69) is 4.98 Å². The molecule has 17 heavy (non-hydrogen) atoms. The van der Waals surface area contributed by atoms with Crippen molar-refractivity contribution in [3.8, 4) is 0 Å². The fourth-order valence-electron chi connectivity index (χ4n) is 3.02. The van der Waals surface area contributed by atoms with Crippen LogP contribution in [-0.2, 0) is 11.2 Å². The Hall–Kier alpha value is -1.38. The van der Waals surface area contributed by atoms with Gasteiger partial charge in [-0.1, -0.05) is 12.8 Å². The Morgan fingerprint density at radius 3 is 2.94 bits per heavy atom. The molecular weight excluding hydrogens is 212 g/mol. The SMILES string of the molecule is O=C(C1CCCC1)N1CCCc2ncccc21. The molecule has 0 unspecified atom stereocenters. The van der Waals surface area contributed by atoms with Gasteiger partial charge in [-0.15, -0.1) is 0 Å². The number of nitrogens with zero attached hydrogens (tertiary/aromatic N) is 2. The van der Waals surface area contributed by atoms with E-state index >= 15 is 0 Å². The number of amides is 1. The molecule has 0 spiro atoms. The van der Waals surface area contributed by atoms with E-state index in [-0.39, 0.29) is 5.92 Å². The lowest BCUT2D eigenvalue weighted by Gasteiger charge is -2.30. The van der Waals surface area contributed by atoms with Gasteiger partial charge < -0.3 is 4.90 Å². The maximum atomic E-state index is 12.5. The van der Waals surface area contributed by atoms with Gasteiger partial charge in [0.2, 0.25) is 5.91 Å². The zero-order valence-electron chi connectivity index (χ0n) is 10.1. The van der Waals surface area contributed by atoms with Gasteiger partial charge in [0.25, 0.3) is 0 Å². The van der Waals surface area contributed by atoms with Crippen molar-refractivity contribution in [2.45, 2.75) is 38.5 Å². The van der Waals surface area contributed by atoms with E-state index in [1.54, 1.807) is 0 Å². The topological polar surface area (TPSA) is 33.2 Å². The summed E-state index contributed by atoms with van der Waals surface area (Å²) in [5.41, 5.74) is 2.14.